The van der Waals surface area contributed by atoms with Crippen LogP contribution in [0.15, 0.2) is 35.5 Å². The van der Waals surface area contributed by atoms with Crippen molar-refractivity contribution in [3.05, 3.63) is 30.3 Å². The van der Waals surface area contributed by atoms with Crippen LogP contribution in [0.1, 0.15) is 20.8 Å². The second-order valence-electron chi connectivity index (χ2n) is 4.66. The average molecular weight is 438 g/mol. The van der Waals surface area contributed by atoms with Crippen molar-refractivity contribution in [2.45, 2.75) is 20.8 Å². The van der Waals surface area contributed by atoms with Gasteiger partial charge in [0, 0.05) is 7.05 Å². The first-order valence-electron chi connectivity index (χ1n) is 7.84. The highest BCUT2D eigenvalue weighted by Gasteiger charge is 2.32. The van der Waals surface area contributed by atoms with Gasteiger partial charge in [0.1, 0.15) is 5.04 Å². The van der Waals surface area contributed by atoms with Gasteiger partial charge in [0.25, 0.3) is 0 Å². The Morgan fingerprint density at radius 1 is 1.23 bits per heavy atom. The Morgan fingerprint density at radius 2 is 1.81 bits per heavy atom. The van der Waals surface area contributed by atoms with Gasteiger partial charge in [0.15, 0.2) is 0 Å². The smallest absolute Gasteiger partial charge is 0.313 e. The molecule has 7 nitrogen and oxygen atoms in total. The van der Waals surface area contributed by atoms with Crippen LogP contribution in [-0.2, 0) is 25.7 Å². The number of hydrogen-bond acceptors (Lipinski definition) is 8. The molecule has 0 N–H and O–H groups in total. The summed E-state index contributed by atoms with van der Waals surface area (Å²) in [5, 5.41) is 4.40. The number of amides is 1. The third-order valence-corrected chi connectivity index (χ3v) is 8.35. The molecule has 0 aliphatic rings. The molecule has 0 heterocycles. The lowest BCUT2D eigenvalue weighted by molar-refractivity contribution is 0.137. The van der Waals surface area contributed by atoms with Gasteiger partial charge in [-0.1, -0.05) is 23.4 Å². The van der Waals surface area contributed by atoms with E-state index in [0.29, 0.717) is 18.3 Å². The number of hydrogen-bond donors (Lipinski definition) is 0. The number of benzene rings is 1. The van der Waals surface area contributed by atoms with Crippen LogP contribution in [-0.4, -0.2) is 42.0 Å². The summed E-state index contributed by atoms with van der Waals surface area (Å²) in [5.41, 5.74) is 0.770. The maximum absolute atomic E-state index is 12.2. The van der Waals surface area contributed by atoms with Gasteiger partial charge in [-0.25, -0.2) is 13.2 Å². The van der Waals surface area contributed by atoms with Crippen molar-refractivity contribution in [2.75, 3.05) is 30.6 Å². The van der Waals surface area contributed by atoms with E-state index in [1.807, 2.05) is 50.4 Å². The zero-order chi connectivity index (χ0) is 19.6. The number of carbonyl (C=O) groups excluding carboxylic acids is 1. The highest BCUT2D eigenvalue weighted by Crippen LogP contribution is 2.58. The molecule has 0 bridgehead atoms. The predicted molar refractivity (Wildman–Crippen MR) is 115 cm³/mol. The number of nitrogens with zero attached hydrogens (tertiary/aromatic N) is 3. The quantitative estimate of drug-likeness (QED) is 0.132. The van der Waals surface area contributed by atoms with Crippen molar-refractivity contribution in [3.63, 3.8) is 0 Å². The predicted octanol–water partition coefficient (Wildman–Crippen LogP) is 5.12. The molecule has 0 spiro atoms. The van der Waals surface area contributed by atoms with E-state index in [4.69, 9.17) is 25.7 Å². The maximum atomic E-state index is 12.2. The summed E-state index contributed by atoms with van der Waals surface area (Å²) in [4.78, 5) is 17.1. The first-order valence-corrected chi connectivity index (χ1v) is 12.4. The van der Waals surface area contributed by atoms with Crippen molar-refractivity contribution in [3.8, 4) is 0 Å². The molecule has 1 aromatic rings. The molecule has 0 aliphatic carbocycles. The standard InChI is InChI=1S/C15H24N3O4PS3/c1-6-20-23(24,21-7-2)18(14-11-9-8-10-12-14)26-17(4)15(19)22-16-13(3)25-5/h8-12H,6-7H2,1-5H3. The highest BCUT2D eigenvalue weighted by molar-refractivity contribution is 8.19. The fourth-order valence-corrected chi connectivity index (χ4v) is 5.77. The molecule has 0 saturated heterocycles. The van der Waals surface area contributed by atoms with Crippen LogP contribution in [0.5, 0.6) is 0 Å². The lowest BCUT2D eigenvalue weighted by Gasteiger charge is -2.34. The van der Waals surface area contributed by atoms with Gasteiger partial charge in [0.05, 0.1) is 31.0 Å². The molecular formula is C15H24N3O4PS3. The molecule has 146 valence electrons. The molecular weight excluding hydrogens is 413 g/mol. The van der Waals surface area contributed by atoms with Crippen LogP contribution in [0.25, 0.3) is 0 Å². The third-order valence-electron chi connectivity index (χ3n) is 2.79. The highest BCUT2D eigenvalue weighted by atomic mass is 32.5. The molecule has 0 radical (unpaired) electrons. The molecule has 0 saturated carbocycles. The number of anilines is 1. The number of rotatable bonds is 9. The van der Waals surface area contributed by atoms with Crippen LogP contribution < -0.4 is 4.08 Å². The van der Waals surface area contributed by atoms with Crippen LogP contribution in [0, 0.1) is 0 Å². The Labute approximate surface area is 168 Å². The molecule has 11 heteroatoms. The first-order chi connectivity index (χ1) is 12.4. The lowest BCUT2D eigenvalue weighted by Crippen LogP contribution is -2.27. The van der Waals surface area contributed by atoms with Crippen LogP contribution in [0.3, 0.4) is 0 Å². The minimum Gasteiger partial charge on any atom is -0.313 e. The maximum Gasteiger partial charge on any atom is 0.447 e. The van der Waals surface area contributed by atoms with Gasteiger partial charge < -0.3 is 9.05 Å². The molecule has 0 fully saturated rings. The van der Waals surface area contributed by atoms with Crippen LogP contribution >= 0.6 is 30.5 Å². The van der Waals surface area contributed by atoms with E-state index in [1.54, 1.807) is 18.0 Å². The summed E-state index contributed by atoms with van der Waals surface area (Å²) in [6.45, 7) is 3.40. The minimum absolute atomic E-state index is 0.395. The molecule has 0 aliphatic heterocycles. The van der Waals surface area contributed by atoms with Gasteiger partial charge in [-0.05, 0) is 51.0 Å². The van der Waals surface area contributed by atoms with Crippen molar-refractivity contribution in [1.82, 2.24) is 4.31 Å². The largest absolute Gasteiger partial charge is 0.447 e. The number of oxime groups is 1. The van der Waals surface area contributed by atoms with Crippen molar-refractivity contribution < 1.29 is 18.7 Å². The monoisotopic (exact) mass is 437 g/mol. The van der Waals surface area contributed by atoms with Gasteiger partial charge in [-0.3, -0.25) is 4.84 Å². The van der Waals surface area contributed by atoms with Gasteiger partial charge in [0.2, 0.25) is 0 Å². The lowest BCUT2D eigenvalue weighted by atomic mass is 10.3. The fourth-order valence-electron chi connectivity index (χ4n) is 1.60. The molecule has 0 aromatic heterocycles. The van der Waals surface area contributed by atoms with E-state index >= 15 is 0 Å². The van der Waals surface area contributed by atoms with Gasteiger partial charge >= 0.3 is 12.7 Å². The Bertz CT molecular complexity index is 638. The first kappa shape index (κ1) is 23.3. The fraction of sp³-hybridized carbons (Fsp3) is 0.467. The molecule has 0 unspecified atom stereocenters. The van der Waals surface area contributed by atoms with Crippen molar-refractivity contribution >= 4 is 59.2 Å². The van der Waals surface area contributed by atoms with E-state index in [1.165, 1.54) is 16.1 Å². The SMILES string of the molecule is CCOP(=S)(OCC)N(SN(C)C(=O)ON=C(C)SC)c1ccccc1. The summed E-state index contributed by atoms with van der Waals surface area (Å²) < 4.78 is 14.6. The Morgan fingerprint density at radius 3 is 2.31 bits per heavy atom. The van der Waals surface area contributed by atoms with Crippen LogP contribution in [0.4, 0.5) is 10.5 Å². The van der Waals surface area contributed by atoms with E-state index in [9.17, 15) is 4.79 Å². The number of carbonyl (C=O) groups is 1. The molecule has 1 rings (SSSR count). The summed E-state index contributed by atoms with van der Waals surface area (Å²) in [6.07, 6.45) is 1.22. The molecule has 1 aromatic carbocycles. The Balaban J connectivity index is 3.06. The van der Waals surface area contributed by atoms with E-state index in [-0.39, 0.29) is 0 Å². The Kier molecular flexibility index (Phi) is 10.6. The molecule has 0 atom stereocenters. The summed E-state index contributed by atoms with van der Waals surface area (Å²) in [6, 6.07) is 9.41. The topological polar surface area (TPSA) is 63.6 Å². The van der Waals surface area contributed by atoms with E-state index in [2.05, 4.69) is 5.16 Å². The van der Waals surface area contributed by atoms with Gasteiger partial charge in [-0.2, -0.15) is 0 Å². The minimum atomic E-state index is -2.85. The molecule has 1 amide bonds. The van der Waals surface area contributed by atoms with Crippen molar-refractivity contribution in [1.29, 1.82) is 0 Å². The zero-order valence-corrected chi connectivity index (χ0v) is 18.8. The average Bonchev–Trinajstić information content (AvgIpc) is 2.64. The van der Waals surface area contributed by atoms with Crippen LogP contribution in [0.2, 0.25) is 0 Å². The van der Waals surface area contributed by atoms with Gasteiger partial charge in [-0.15, -0.1) is 11.8 Å². The number of para-hydroxylation sites is 1. The van der Waals surface area contributed by atoms with E-state index < -0.39 is 12.7 Å². The summed E-state index contributed by atoms with van der Waals surface area (Å²) in [7, 11) is 1.57. The summed E-state index contributed by atoms with van der Waals surface area (Å²) >= 11 is 8.15. The third kappa shape index (κ3) is 7.09. The normalized spacial score (nSPS) is 12.0. The molecule has 26 heavy (non-hydrogen) atoms. The van der Waals surface area contributed by atoms with E-state index in [0.717, 1.165) is 17.8 Å². The van der Waals surface area contributed by atoms with Crippen molar-refractivity contribution in [2.24, 2.45) is 5.16 Å². The number of thioether (sulfide) groups is 1. The second-order valence-corrected chi connectivity index (χ2v) is 10.2. The second kappa shape index (κ2) is 11.8. The summed E-state index contributed by atoms with van der Waals surface area (Å²) in [5.74, 6) is 0. The zero-order valence-electron chi connectivity index (χ0n) is 15.4. The Hall–Kier alpha value is -0.770.